The molecule has 0 saturated heterocycles. The average molecular weight is 320 g/mol. The van der Waals surface area contributed by atoms with Crippen molar-refractivity contribution in [1.29, 1.82) is 0 Å². The Hall–Kier alpha value is -2.82. The Morgan fingerprint density at radius 1 is 0.917 bits per heavy atom. The lowest BCUT2D eigenvalue weighted by molar-refractivity contribution is -0.0490. The number of aliphatic hydroxyl groups is 2. The number of benzene rings is 2. The molecule has 2 aromatic carbocycles. The zero-order chi connectivity index (χ0) is 16.7. The molecule has 4 rings (SSSR count). The van der Waals surface area contributed by atoms with Crippen molar-refractivity contribution in [2.45, 2.75) is 12.2 Å². The molecule has 0 spiro atoms. The largest absolute Gasteiger partial charge is 0.508 e. The van der Waals surface area contributed by atoms with E-state index in [1.807, 2.05) is 36.4 Å². The van der Waals surface area contributed by atoms with Crippen molar-refractivity contribution in [1.82, 2.24) is 0 Å². The van der Waals surface area contributed by atoms with E-state index in [0.717, 1.165) is 27.8 Å². The van der Waals surface area contributed by atoms with Crippen molar-refractivity contribution in [3.63, 3.8) is 0 Å². The zero-order valence-electron chi connectivity index (χ0n) is 12.8. The molecule has 1 aliphatic rings. The second kappa shape index (κ2) is 5.67. The molecule has 1 atom stereocenters. The molecular weight excluding hydrogens is 304 g/mol. The molecule has 3 N–H and O–H groups in total. The molecule has 1 heterocycles. The fraction of sp³-hybridized carbons (Fsp3) is 0.100. The van der Waals surface area contributed by atoms with E-state index in [0.29, 0.717) is 5.76 Å². The van der Waals surface area contributed by atoms with Gasteiger partial charge in [-0.25, -0.2) is 0 Å². The van der Waals surface area contributed by atoms with Crippen LogP contribution >= 0.6 is 0 Å². The van der Waals surface area contributed by atoms with Gasteiger partial charge in [0.1, 0.15) is 11.5 Å². The molecule has 0 saturated carbocycles. The number of hydrogen-bond donors (Lipinski definition) is 3. The van der Waals surface area contributed by atoms with Gasteiger partial charge in [0.25, 0.3) is 0 Å². The SMILES string of the molecule is Oc1cccc(-c2cc(-c3ccc4c(c3)C=CC4C(O)O)co2)c1. The standard InChI is InChI=1S/C20H16O4/c21-16-3-1-2-14(9-16)19-10-15(11-24-19)12-4-6-17-13(8-12)5-7-18(17)20(22)23/h1-11,18,20-23H. The Bertz CT molecular complexity index is 921. The van der Waals surface area contributed by atoms with Crippen LogP contribution in [0.2, 0.25) is 0 Å². The monoisotopic (exact) mass is 320 g/mol. The molecule has 24 heavy (non-hydrogen) atoms. The Kier molecular flexibility index (Phi) is 3.49. The highest BCUT2D eigenvalue weighted by atomic mass is 16.5. The minimum atomic E-state index is -1.39. The van der Waals surface area contributed by atoms with Crippen molar-refractivity contribution in [2.24, 2.45) is 0 Å². The first kappa shape index (κ1) is 14.8. The summed E-state index contributed by atoms with van der Waals surface area (Å²) in [6.07, 6.45) is 3.99. The first-order chi connectivity index (χ1) is 11.6. The highest BCUT2D eigenvalue weighted by Gasteiger charge is 2.23. The second-order valence-corrected chi connectivity index (χ2v) is 5.89. The Morgan fingerprint density at radius 2 is 1.79 bits per heavy atom. The Balaban J connectivity index is 1.68. The number of fused-ring (bicyclic) bond motifs is 1. The van der Waals surface area contributed by atoms with Crippen LogP contribution in [0, 0.1) is 0 Å². The number of aliphatic hydroxyl groups excluding tert-OH is 1. The Morgan fingerprint density at radius 3 is 2.58 bits per heavy atom. The van der Waals surface area contributed by atoms with E-state index in [1.54, 1.807) is 30.5 Å². The van der Waals surface area contributed by atoms with Gasteiger partial charge in [-0.05, 0) is 41.0 Å². The number of hydrogen-bond acceptors (Lipinski definition) is 4. The number of aromatic hydroxyl groups is 1. The predicted octanol–water partition coefficient (Wildman–Crippen LogP) is 3.74. The van der Waals surface area contributed by atoms with Crippen LogP contribution in [0.25, 0.3) is 28.5 Å². The molecule has 3 aromatic rings. The highest BCUT2D eigenvalue weighted by Crippen LogP contribution is 2.36. The minimum Gasteiger partial charge on any atom is -0.508 e. The normalized spacial score (nSPS) is 15.9. The lowest BCUT2D eigenvalue weighted by Gasteiger charge is -2.13. The van der Waals surface area contributed by atoms with Crippen LogP contribution < -0.4 is 0 Å². The molecule has 0 bridgehead atoms. The Labute approximate surface area is 138 Å². The van der Waals surface area contributed by atoms with Crippen molar-refractivity contribution < 1.29 is 19.7 Å². The highest BCUT2D eigenvalue weighted by molar-refractivity contribution is 5.74. The van der Waals surface area contributed by atoms with Gasteiger partial charge >= 0.3 is 0 Å². The van der Waals surface area contributed by atoms with Gasteiger partial charge < -0.3 is 19.7 Å². The van der Waals surface area contributed by atoms with Gasteiger partial charge in [0.05, 0.1) is 12.2 Å². The topological polar surface area (TPSA) is 73.8 Å². The van der Waals surface area contributed by atoms with Crippen LogP contribution in [0.15, 0.2) is 65.3 Å². The van der Waals surface area contributed by atoms with E-state index < -0.39 is 6.29 Å². The summed E-state index contributed by atoms with van der Waals surface area (Å²) >= 11 is 0. The molecule has 1 aromatic heterocycles. The van der Waals surface area contributed by atoms with Gasteiger partial charge in [-0.1, -0.05) is 36.4 Å². The predicted molar refractivity (Wildman–Crippen MR) is 91.2 cm³/mol. The molecule has 1 unspecified atom stereocenters. The number of phenolic OH excluding ortho intramolecular Hbond substituents is 1. The maximum Gasteiger partial charge on any atom is 0.161 e. The van der Waals surface area contributed by atoms with E-state index in [2.05, 4.69) is 0 Å². The average Bonchev–Trinajstić information content (AvgIpc) is 3.21. The molecule has 0 fully saturated rings. The summed E-state index contributed by atoms with van der Waals surface area (Å²) in [7, 11) is 0. The third-order valence-corrected chi connectivity index (χ3v) is 4.31. The molecule has 0 aliphatic heterocycles. The summed E-state index contributed by atoms with van der Waals surface area (Å²) in [5, 5.41) is 28.4. The van der Waals surface area contributed by atoms with Gasteiger partial charge in [0, 0.05) is 11.1 Å². The van der Waals surface area contributed by atoms with Crippen LogP contribution in [-0.4, -0.2) is 21.6 Å². The first-order valence-corrected chi connectivity index (χ1v) is 7.68. The van der Waals surface area contributed by atoms with E-state index in [1.165, 1.54) is 0 Å². The van der Waals surface area contributed by atoms with E-state index in [9.17, 15) is 15.3 Å². The maximum absolute atomic E-state index is 9.58. The second-order valence-electron chi connectivity index (χ2n) is 5.89. The maximum atomic E-state index is 9.58. The van der Waals surface area contributed by atoms with E-state index >= 15 is 0 Å². The van der Waals surface area contributed by atoms with Crippen molar-refractivity contribution in [3.05, 3.63) is 72.0 Å². The van der Waals surface area contributed by atoms with Crippen molar-refractivity contribution in [3.8, 4) is 28.2 Å². The molecule has 0 radical (unpaired) electrons. The fourth-order valence-corrected chi connectivity index (χ4v) is 3.07. The van der Waals surface area contributed by atoms with Crippen molar-refractivity contribution >= 4 is 6.08 Å². The van der Waals surface area contributed by atoms with Gasteiger partial charge in [-0.15, -0.1) is 0 Å². The summed E-state index contributed by atoms with van der Waals surface area (Å²) in [6.45, 7) is 0. The molecule has 4 heteroatoms. The zero-order valence-corrected chi connectivity index (χ0v) is 12.8. The van der Waals surface area contributed by atoms with Crippen LogP contribution in [0.1, 0.15) is 17.0 Å². The van der Waals surface area contributed by atoms with Crippen LogP contribution in [0.3, 0.4) is 0 Å². The van der Waals surface area contributed by atoms with Crippen LogP contribution in [0.4, 0.5) is 0 Å². The summed E-state index contributed by atoms with van der Waals surface area (Å²) in [5.74, 6) is 0.503. The van der Waals surface area contributed by atoms with E-state index in [4.69, 9.17) is 4.42 Å². The molecule has 120 valence electrons. The lowest BCUT2D eigenvalue weighted by Crippen LogP contribution is -2.14. The summed E-state index contributed by atoms with van der Waals surface area (Å²) in [6, 6.07) is 14.7. The van der Waals surface area contributed by atoms with Crippen LogP contribution in [0.5, 0.6) is 5.75 Å². The van der Waals surface area contributed by atoms with Gasteiger partial charge in [-0.3, -0.25) is 0 Å². The smallest absolute Gasteiger partial charge is 0.161 e. The molecular formula is C20H16O4. The van der Waals surface area contributed by atoms with Gasteiger partial charge in [0.2, 0.25) is 0 Å². The third kappa shape index (κ3) is 2.52. The van der Waals surface area contributed by atoms with Gasteiger partial charge in [0.15, 0.2) is 6.29 Å². The molecule has 0 amide bonds. The number of furan rings is 1. The number of phenols is 1. The summed E-state index contributed by atoms with van der Waals surface area (Å²) in [5.41, 5.74) is 4.61. The minimum absolute atomic E-state index is 0.196. The van der Waals surface area contributed by atoms with E-state index in [-0.39, 0.29) is 11.7 Å². The summed E-state index contributed by atoms with van der Waals surface area (Å²) in [4.78, 5) is 0. The quantitative estimate of drug-likeness (QED) is 0.643. The molecule has 1 aliphatic carbocycles. The van der Waals surface area contributed by atoms with Crippen LogP contribution in [-0.2, 0) is 0 Å². The molecule has 4 nitrogen and oxygen atoms in total. The first-order valence-electron chi connectivity index (χ1n) is 7.68. The lowest BCUT2D eigenvalue weighted by atomic mass is 9.96. The van der Waals surface area contributed by atoms with Crippen molar-refractivity contribution in [2.75, 3.05) is 0 Å². The van der Waals surface area contributed by atoms with Gasteiger partial charge in [-0.2, -0.15) is 0 Å². The summed E-state index contributed by atoms with van der Waals surface area (Å²) < 4.78 is 5.63. The fourth-order valence-electron chi connectivity index (χ4n) is 3.07. The number of rotatable bonds is 3. The third-order valence-electron chi connectivity index (χ3n) is 4.31.